The lowest BCUT2D eigenvalue weighted by Gasteiger charge is -2.06. The van der Waals surface area contributed by atoms with Gasteiger partial charge < -0.3 is 15.5 Å². The fraction of sp³-hybridized carbons (Fsp3) is 0.273. The van der Waals surface area contributed by atoms with E-state index in [0.717, 1.165) is 17.0 Å². The van der Waals surface area contributed by atoms with Gasteiger partial charge in [-0.2, -0.15) is 0 Å². The van der Waals surface area contributed by atoms with Crippen LogP contribution < -0.4 is 11.1 Å². The van der Waals surface area contributed by atoms with Crippen LogP contribution >= 0.6 is 0 Å². The molecule has 84 valence electrons. The first-order chi connectivity index (χ1) is 7.81. The summed E-state index contributed by atoms with van der Waals surface area (Å²) in [4.78, 5) is 8.55. The zero-order valence-corrected chi connectivity index (χ0v) is 9.10. The molecule has 0 bridgehead atoms. The number of rotatable bonds is 4. The number of furan rings is 1. The highest BCUT2D eigenvalue weighted by Crippen LogP contribution is 2.21. The Kier molecular flexibility index (Phi) is 3.16. The molecule has 2 heterocycles. The Morgan fingerprint density at radius 1 is 1.50 bits per heavy atom. The van der Waals surface area contributed by atoms with Crippen LogP contribution in [0.25, 0.3) is 11.5 Å². The molecule has 5 nitrogen and oxygen atoms in total. The molecule has 16 heavy (non-hydrogen) atoms. The molecule has 0 spiro atoms. The second-order valence-corrected chi connectivity index (χ2v) is 3.42. The van der Waals surface area contributed by atoms with E-state index >= 15 is 0 Å². The first-order valence-electron chi connectivity index (χ1n) is 5.12. The summed E-state index contributed by atoms with van der Waals surface area (Å²) in [5.74, 6) is 1.32. The molecule has 5 heteroatoms. The van der Waals surface area contributed by atoms with Crippen molar-refractivity contribution >= 4 is 5.95 Å². The highest BCUT2D eigenvalue weighted by atomic mass is 16.3. The average molecular weight is 218 g/mol. The van der Waals surface area contributed by atoms with Gasteiger partial charge in [0.1, 0.15) is 5.69 Å². The van der Waals surface area contributed by atoms with E-state index in [1.54, 1.807) is 12.5 Å². The number of aryl methyl sites for hydroxylation is 1. The summed E-state index contributed by atoms with van der Waals surface area (Å²) < 4.78 is 5.32. The van der Waals surface area contributed by atoms with Crippen molar-refractivity contribution in [3.8, 4) is 11.5 Å². The second kappa shape index (κ2) is 4.76. The largest absolute Gasteiger partial charge is 0.463 e. The predicted molar refractivity (Wildman–Crippen MR) is 62.0 cm³/mol. The number of hydrogen-bond acceptors (Lipinski definition) is 5. The van der Waals surface area contributed by atoms with E-state index in [1.165, 1.54) is 0 Å². The highest BCUT2D eigenvalue weighted by molar-refractivity contribution is 5.57. The quantitative estimate of drug-likeness (QED) is 0.811. The van der Waals surface area contributed by atoms with E-state index in [9.17, 15) is 0 Å². The van der Waals surface area contributed by atoms with Gasteiger partial charge in [0.2, 0.25) is 5.95 Å². The van der Waals surface area contributed by atoms with Crippen molar-refractivity contribution in [3.05, 3.63) is 30.2 Å². The van der Waals surface area contributed by atoms with Crippen LogP contribution in [0, 0.1) is 6.92 Å². The van der Waals surface area contributed by atoms with Crippen molar-refractivity contribution in [2.24, 2.45) is 5.73 Å². The minimum absolute atomic E-state index is 0.549. The van der Waals surface area contributed by atoms with Gasteiger partial charge in [-0.15, -0.1) is 0 Å². The molecule has 0 aromatic carbocycles. The van der Waals surface area contributed by atoms with Crippen molar-refractivity contribution in [2.75, 3.05) is 18.4 Å². The van der Waals surface area contributed by atoms with Crippen molar-refractivity contribution < 1.29 is 4.42 Å². The lowest BCUT2D eigenvalue weighted by molar-refractivity contribution is 0.579. The zero-order valence-electron chi connectivity index (χ0n) is 9.10. The molecule has 0 amide bonds. The summed E-state index contributed by atoms with van der Waals surface area (Å²) in [6.45, 7) is 3.15. The van der Waals surface area contributed by atoms with Crippen LogP contribution in [0.3, 0.4) is 0 Å². The Bertz CT molecular complexity index is 453. The Hall–Kier alpha value is -1.88. The van der Waals surface area contributed by atoms with Gasteiger partial charge in [0.05, 0.1) is 6.26 Å². The molecule has 2 rings (SSSR count). The van der Waals surface area contributed by atoms with Gasteiger partial charge in [0, 0.05) is 19.3 Å². The molecule has 0 aliphatic heterocycles. The smallest absolute Gasteiger partial charge is 0.223 e. The van der Waals surface area contributed by atoms with Crippen LogP contribution in [-0.4, -0.2) is 23.1 Å². The molecule has 0 radical (unpaired) electrons. The number of nitrogens with zero attached hydrogens (tertiary/aromatic N) is 2. The fourth-order valence-electron chi connectivity index (χ4n) is 1.37. The third kappa shape index (κ3) is 2.20. The summed E-state index contributed by atoms with van der Waals surface area (Å²) in [5.41, 5.74) is 7.19. The predicted octanol–water partition coefficient (Wildman–Crippen LogP) is 1.42. The summed E-state index contributed by atoms with van der Waals surface area (Å²) >= 11 is 0. The van der Waals surface area contributed by atoms with E-state index in [2.05, 4.69) is 15.3 Å². The first-order valence-corrected chi connectivity index (χ1v) is 5.12. The normalized spacial score (nSPS) is 10.4. The van der Waals surface area contributed by atoms with Gasteiger partial charge in [-0.1, -0.05) is 0 Å². The Morgan fingerprint density at radius 3 is 3.06 bits per heavy atom. The Labute approximate surface area is 93.7 Å². The van der Waals surface area contributed by atoms with Gasteiger partial charge in [-0.25, -0.2) is 9.97 Å². The number of nitrogens with one attached hydrogen (secondary N) is 1. The molecular formula is C11H14N4O. The maximum atomic E-state index is 5.40. The van der Waals surface area contributed by atoms with Crippen molar-refractivity contribution in [3.63, 3.8) is 0 Å². The summed E-state index contributed by atoms with van der Waals surface area (Å²) in [6.07, 6.45) is 3.40. The zero-order chi connectivity index (χ0) is 11.4. The maximum absolute atomic E-state index is 5.40. The van der Waals surface area contributed by atoms with Crippen LogP contribution in [0.5, 0.6) is 0 Å². The first kappa shape index (κ1) is 10.6. The molecule has 0 aliphatic rings. The SMILES string of the molecule is Cc1cnc(NCCN)nc1-c1ccco1. The Morgan fingerprint density at radius 2 is 2.38 bits per heavy atom. The summed E-state index contributed by atoms with van der Waals surface area (Å²) in [5, 5.41) is 3.03. The number of hydrogen-bond donors (Lipinski definition) is 2. The monoisotopic (exact) mass is 218 g/mol. The van der Waals surface area contributed by atoms with E-state index < -0.39 is 0 Å². The lowest BCUT2D eigenvalue weighted by Crippen LogP contribution is -2.15. The molecule has 2 aromatic rings. The van der Waals surface area contributed by atoms with E-state index in [-0.39, 0.29) is 0 Å². The molecule has 0 atom stereocenters. The van der Waals surface area contributed by atoms with Gasteiger partial charge >= 0.3 is 0 Å². The van der Waals surface area contributed by atoms with Crippen molar-refractivity contribution in [2.45, 2.75) is 6.92 Å². The number of anilines is 1. The molecule has 2 aromatic heterocycles. The summed E-state index contributed by atoms with van der Waals surface area (Å²) in [7, 11) is 0. The standard InChI is InChI=1S/C11H14N4O/c1-8-7-14-11(13-5-4-12)15-10(8)9-3-2-6-16-9/h2-3,6-7H,4-5,12H2,1H3,(H,13,14,15). The molecule has 0 saturated heterocycles. The molecule has 0 saturated carbocycles. The molecular weight excluding hydrogens is 204 g/mol. The molecule has 0 fully saturated rings. The second-order valence-electron chi connectivity index (χ2n) is 3.42. The third-order valence-corrected chi connectivity index (χ3v) is 2.15. The van der Waals surface area contributed by atoms with E-state index in [4.69, 9.17) is 10.2 Å². The van der Waals surface area contributed by atoms with E-state index in [0.29, 0.717) is 19.0 Å². The van der Waals surface area contributed by atoms with Crippen LogP contribution in [0.15, 0.2) is 29.0 Å². The van der Waals surface area contributed by atoms with Gasteiger partial charge in [0.15, 0.2) is 5.76 Å². The maximum Gasteiger partial charge on any atom is 0.223 e. The average Bonchev–Trinajstić information content (AvgIpc) is 2.81. The minimum Gasteiger partial charge on any atom is -0.463 e. The molecule has 0 unspecified atom stereocenters. The van der Waals surface area contributed by atoms with E-state index in [1.807, 2.05) is 19.1 Å². The highest BCUT2D eigenvalue weighted by Gasteiger charge is 2.08. The van der Waals surface area contributed by atoms with Gasteiger partial charge in [-0.3, -0.25) is 0 Å². The van der Waals surface area contributed by atoms with Gasteiger partial charge in [0.25, 0.3) is 0 Å². The van der Waals surface area contributed by atoms with Crippen LogP contribution in [0.1, 0.15) is 5.56 Å². The molecule has 0 aliphatic carbocycles. The van der Waals surface area contributed by atoms with Crippen LogP contribution in [0.4, 0.5) is 5.95 Å². The Balaban J connectivity index is 2.30. The van der Waals surface area contributed by atoms with Crippen LogP contribution in [0.2, 0.25) is 0 Å². The number of aromatic nitrogens is 2. The third-order valence-electron chi connectivity index (χ3n) is 2.15. The summed E-state index contributed by atoms with van der Waals surface area (Å²) in [6, 6.07) is 3.71. The lowest BCUT2D eigenvalue weighted by atomic mass is 10.2. The number of nitrogens with two attached hydrogens (primary N) is 1. The minimum atomic E-state index is 0.549. The van der Waals surface area contributed by atoms with Gasteiger partial charge in [-0.05, 0) is 24.6 Å². The fourth-order valence-corrected chi connectivity index (χ4v) is 1.37. The van der Waals surface area contributed by atoms with Crippen molar-refractivity contribution in [1.82, 2.24) is 9.97 Å². The van der Waals surface area contributed by atoms with Crippen molar-refractivity contribution in [1.29, 1.82) is 0 Å². The molecule has 3 N–H and O–H groups in total. The topological polar surface area (TPSA) is 77.0 Å². The van der Waals surface area contributed by atoms with Crippen LogP contribution in [-0.2, 0) is 0 Å².